The van der Waals surface area contributed by atoms with Crippen molar-refractivity contribution in [3.63, 3.8) is 0 Å². The van der Waals surface area contributed by atoms with E-state index in [0.29, 0.717) is 17.2 Å². The van der Waals surface area contributed by atoms with Gasteiger partial charge in [-0.3, -0.25) is 0 Å². The molecule has 0 fully saturated rings. The summed E-state index contributed by atoms with van der Waals surface area (Å²) in [5, 5.41) is 7.90. The third kappa shape index (κ3) is 4.78. The third-order valence-corrected chi connectivity index (χ3v) is 3.70. The number of methoxy groups -OCH3 is 1. The Morgan fingerprint density at radius 1 is 1.11 bits per heavy atom. The van der Waals surface area contributed by atoms with Crippen LogP contribution in [0.2, 0.25) is 0 Å². The van der Waals surface area contributed by atoms with Crippen molar-refractivity contribution in [1.29, 1.82) is 0 Å². The van der Waals surface area contributed by atoms with Crippen LogP contribution in [0, 0.1) is 5.82 Å². The summed E-state index contributed by atoms with van der Waals surface area (Å²) in [6.07, 6.45) is 2.07. The van der Waals surface area contributed by atoms with E-state index in [9.17, 15) is 9.18 Å². The summed E-state index contributed by atoms with van der Waals surface area (Å²) in [5.41, 5.74) is 1.41. The molecule has 0 spiro atoms. The third-order valence-electron chi connectivity index (χ3n) is 3.70. The van der Waals surface area contributed by atoms with E-state index in [1.54, 1.807) is 50.4 Å². The summed E-state index contributed by atoms with van der Waals surface area (Å²) >= 11 is 0. The minimum Gasteiger partial charge on any atom is -0.497 e. The number of rotatable bonds is 6. The summed E-state index contributed by atoms with van der Waals surface area (Å²) < 4.78 is 28.8. The Bertz CT molecular complexity index is 933. The highest BCUT2D eigenvalue weighted by Gasteiger charge is 2.18. The van der Waals surface area contributed by atoms with Crippen molar-refractivity contribution in [1.82, 2.24) is 10.2 Å². The summed E-state index contributed by atoms with van der Waals surface area (Å²) in [6.45, 7) is 1.63. The highest BCUT2D eigenvalue weighted by atomic mass is 19.1. The Balaban J connectivity index is 1.62. The first-order chi connectivity index (χ1) is 13.0. The van der Waals surface area contributed by atoms with Crippen LogP contribution in [0.1, 0.15) is 24.5 Å². The molecular formula is C20H17FN2O4. The second kappa shape index (κ2) is 8.27. The molecule has 0 unspecified atom stereocenters. The number of benzene rings is 2. The first-order valence-corrected chi connectivity index (χ1v) is 8.17. The molecule has 6 nitrogen and oxygen atoms in total. The molecule has 0 bridgehead atoms. The van der Waals surface area contributed by atoms with Gasteiger partial charge in [0.15, 0.2) is 6.10 Å². The van der Waals surface area contributed by atoms with Crippen LogP contribution in [-0.4, -0.2) is 23.3 Å². The van der Waals surface area contributed by atoms with E-state index in [-0.39, 0.29) is 11.7 Å². The zero-order chi connectivity index (χ0) is 19.2. The van der Waals surface area contributed by atoms with Gasteiger partial charge in [0.1, 0.15) is 11.6 Å². The van der Waals surface area contributed by atoms with Crippen LogP contribution in [0.4, 0.5) is 4.39 Å². The fourth-order valence-corrected chi connectivity index (χ4v) is 2.25. The number of hydrogen-bond donors (Lipinski definition) is 0. The average Bonchev–Trinajstić information content (AvgIpc) is 3.18. The summed E-state index contributed by atoms with van der Waals surface area (Å²) in [6, 6.07) is 12.9. The maximum Gasteiger partial charge on any atom is 0.331 e. The van der Waals surface area contributed by atoms with Crippen LogP contribution >= 0.6 is 0 Å². The molecule has 0 aliphatic heterocycles. The molecule has 3 rings (SSSR count). The summed E-state index contributed by atoms with van der Waals surface area (Å²) in [5.74, 6) is 0.305. The van der Waals surface area contributed by atoms with Gasteiger partial charge in [0.2, 0.25) is 5.89 Å². The molecule has 0 aliphatic carbocycles. The highest BCUT2D eigenvalue weighted by Crippen LogP contribution is 2.24. The number of carbonyl (C=O) groups is 1. The number of esters is 1. The minimum atomic E-state index is -0.713. The van der Waals surface area contributed by atoms with Crippen LogP contribution < -0.4 is 4.74 Å². The zero-order valence-corrected chi connectivity index (χ0v) is 14.8. The highest BCUT2D eigenvalue weighted by molar-refractivity contribution is 5.87. The van der Waals surface area contributed by atoms with E-state index < -0.39 is 12.1 Å². The molecule has 0 radical (unpaired) electrons. The average molecular weight is 368 g/mol. The Kier molecular flexibility index (Phi) is 5.61. The number of nitrogens with zero attached hydrogens (tertiary/aromatic N) is 2. The smallest absolute Gasteiger partial charge is 0.331 e. The second-order valence-corrected chi connectivity index (χ2v) is 5.64. The molecule has 0 aliphatic rings. The first kappa shape index (κ1) is 18.3. The lowest BCUT2D eigenvalue weighted by Crippen LogP contribution is -2.06. The van der Waals surface area contributed by atoms with E-state index in [1.807, 2.05) is 0 Å². The van der Waals surface area contributed by atoms with Crippen LogP contribution in [-0.2, 0) is 9.53 Å². The normalized spacial score (nSPS) is 12.1. The zero-order valence-electron chi connectivity index (χ0n) is 14.8. The number of hydrogen-bond acceptors (Lipinski definition) is 6. The monoisotopic (exact) mass is 368 g/mol. The number of carbonyl (C=O) groups excluding carboxylic acids is 1. The van der Waals surface area contributed by atoms with Crippen LogP contribution in [0.5, 0.6) is 5.75 Å². The molecule has 3 aromatic rings. The predicted octanol–water partition coefficient (Wildman–Crippen LogP) is 4.20. The van der Waals surface area contributed by atoms with Crippen LogP contribution in [0.25, 0.3) is 17.5 Å². The molecule has 0 saturated heterocycles. The van der Waals surface area contributed by atoms with Crippen molar-refractivity contribution >= 4 is 12.0 Å². The van der Waals surface area contributed by atoms with Crippen LogP contribution in [0.3, 0.4) is 0 Å². The van der Waals surface area contributed by atoms with Crippen molar-refractivity contribution < 1.29 is 23.1 Å². The topological polar surface area (TPSA) is 74.5 Å². The molecule has 7 heteroatoms. The predicted molar refractivity (Wildman–Crippen MR) is 96.2 cm³/mol. The Hall–Kier alpha value is -3.48. The lowest BCUT2D eigenvalue weighted by Gasteiger charge is -2.06. The van der Waals surface area contributed by atoms with E-state index >= 15 is 0 Å². The van der Waals surface area contributed by atoms with Gasteiger partial charge in [-0.2, -0.15) is 0 Å². The molecule has 1 atom stereocenters. The van der Waals surface area contributed by atoms with Gasteiger partial charge in [0.05, 0.1) is 7.11 Å². The summed E-state index contributed by atoms with van der Waals surface area (Å²) in [4.78, 5) is 11.9. The van der Waals surface area contributed by atoms with Gasteiger partial charge in [-0.05, 0) is 55.0 Å². The SMILES string of the molecule is COc1ccc(-c2nnc([C@@H](C)OC(=O)/C=C/c3ccc(F)cc3)o2)cc1. The molecule has 1 heterocycles. The van der Waals surface area contributed by atoms with Gasteiger partial charge in [0, 0.05) is 11.6 Å². The van der Waals surface area contributed by atoms with Crippen molar-refractivity contribution in [2.75, 3.05) is 7.11 Å². The Morgan fingerprint density at radius 3 is 2.48 bits per heavy atom. The molecule has 0 N–H and O–H groups in total. The van der Waals surface area contributed by atoms with Crippen molar-refractivity contribution in [2.45, 2.75) is 13.0 Å². The van der Waals surface area contributed by atoms with E-state index in [4.69, 9.17) is 13.9 Å². The quantitative estimate of drug-likeness (QED) is 0.479. The lowest BCUT2D eigenvalue weighted by molar-refractivity contribution is -0.143. The summed E-state index contributed by atoms with van der Waals surface area (Å²) in [7, 11) is 1.58. The van der Waals surface area contributed by atoms with E-state index in [1.165, 1.54) is 24.3 Å². The Morgan fingerprint density at radius 2 is 1.81 bits per heavy atom. The van der Waals surface area contributed by atoms with Gasteiger partial charge < -0.3 is 13.9 Å². The van der Waals surface area contributed by atoms with Gasteiger partial charge >= 0.3 is 5.97 Å². The second-order valence-electron chi connectivity index (χ2n) is 5.64. The first-order valence-electron chi connectivity index (χ1n) is 8.17. The number of aromatic nitrogens is 2. The van der Waals surface area contributed by atoms with E-state index in [0.717, 1.165) is 5.56 Å². The minimum absolute atomic E-state index is 0.185. The molecule has 27 heavy (non-hydrogen) atoms. The fourth-order valence-electron chi connectivity index (χ4n) is 2.25. The number of ether oxygens (including phenoxy) is 2. The molecule has 138 valence electrons. The maximum atomic E-state index is 12.9. The van der Waals surface area contributed by atoms with E-state index in [2.05, 4.69) is 10.2 Å². The van der Waals surface area contributed by atoms with Gasteiger partial charge in [-0.25, -0.2) is 9.18 Å². The molecule has 1 aromatic heterocycles. The molecular weight excluding hydrogens is 351 g/mol. The van der Waals surface area contributed by atoms with Crippen molar-refractivity contribution in [2.24, 2.45) is 0 Å². The van der Waals surface area contributed by atoms with Crippen LogP contribution in [0.15, 0.2) is 59.0 Å². The molecule has 2 aromatic carbocycles. The molecule has 0 saturated carbocycles. The fraction of sp³-hybridized carbons (Fsp3) is 0.150. The Labute approximate surface area is 155 Å². The largest absolute Gasteiger partial charge is 0.497 e. The number of halogens is 1. The molecule has 0 amide bonds. The maximum absolute atomic E-state index is 12.9. The van der Waals surface area contributed by atoms with Gasteiger partial charge in [0.25, 0.3) is 5.89 Å². The van der Waals surface area contributed by atoms with Crippen molar-refractivity contribution in [3.8, 4) is 17.2 Å². The van der Waals surface area contributed by atoms with Crippen molar-refractivity contribution in [3.05, 3.63) is 71.9 Å². The van der Waals surface area contributed by atoms with Gasteiger partial charge in [-0.1, -0.05) is 12.1 Å². The lowest BCUT2D eigenvalue weighted by atomic mass is 10.2. The van der Waals surface area contributed by atoms with Gasteiger partial charge in [-0.15, -0.1) is 10.2 Å². The standard InChI is InChI=1S/C20H17FN2O4/c1-13(26-18(24)12-5-14-3-8-16(21)9-4-14)19-22-23-20(27-19)15-6-10-17(25-2)11-7-15/h3-13H,1-2H3/b12-5+/t13-/m1/s1.